The molecule has 1 atom stereocenters. The highest BCUT2D eigenvalue weighted by molar-refractivity contribution is 7.89. The van der Waals surface area contributed by atoms with Crippen LogP contribution in [0.15, 0.2) is 0 Å². The van der Waals surface area contributed by atoms with Gasteiger partial charge in [-0.25, -0.2) is 12.7 Å². The van der Waals surface area contributed by atoms with E-state index in [4.69, 9.17) is 10.5 Å². The zero-order valence-electron chi connectivity index (χ0n) is 9.76. The van der Waals surface area contributed by atoms with Crippen molar-refractivity contribution in [2.45, 2.75) is 6.04 Å². The zero-order valence-corrected chi connectivity index (χ0v) is 10.6. The molecule has 0 fully saturated rings. The number of carbonyl (C=O) groups excluding carboxylic acids is 1. The summed E-state index contributed by atoms with van der Waals surface area (Å²) >= 11 is 0. The number of sulfonamides is 1. The molecule has 8 heteroatoms. The Kier molecular flexibility index (Phi) is 6.49. The molecule has 16 heavy (non-hydrogen) atoms. The Morgan fingerprint density at radius 1 is 1.50 bits per heavy atom. The van der Waals surface area contributed by atoms with Crippen LogP contribution in [-0.4, -0.2) is 64.8 Å². The maximum Gasteiger partial charge on any atom is 0.239 e. The Morgan fingerprint density at radius 3 is 2.50 bits per heavy atom. The summed E-state index contributed by atoms with van der Waals surface area (Å²) in [5.74, 6) is -0.568. The summed E-state index contributed by atoms with van der Waals surface area (Å²) in [6, 6.07) is -0.771. The third-order valence-electron chi connectivity index (χ3n) is 1.90. The van der Waals surface area contributed by atoms with Crippen LogP contribution in [0.1, 0.15) is 0 Å². The quantitative estimate of drug-likeness (QED) is 0.544. The number of ether oxygens (including phenoxy) is 1. The van der Waals surface area contributed by atoms with Gasteiger partial charge in [-0.15, -0.1) is 0 Å². The Labute approximate surface area is 96.0 Å². The second-order valence-corrected chi connectivity index (χ2v) is 5.75. The van der Waals surface area contributed by atoms with E-state index in [1.54, 1.807) is 0 Å². The molecule has 0 aromatic rings. The standard InChI is InChI=1S/C8H19N3O4S/c1-11(2)16(13,14)5-4-10-8(12)7(9)6-15-3/h7H,4-6,9H2,1-3H3,(H,10,12). The van der Waals surface area contributed by atoms with Gasteiger partial charge in [-0.05, 0) is 0 Å². The number of nitrogens with zero attached hydrogens (tertiary/aromatic N) is 1. The number of carbonyl (C=O) groups is 1. The maximum absolute atomic E-state index is 11.3. The van der Waals surface area contributed by atoms with Crippen LogP contribution in [0.2, 0.25) is 0 Å². The van der Waals surface area contributed by atoms with Crippen molar-refractivity contribution in [3.05, 3.63) is 0 Å². The minimum absolute atomic E-state index is 0.0385. The van der Waals surface area contributed by atoms with Crippen molar-refractivity contribution < 1.29 is 17.9 Å². The molecule has 0 heterocycles. The van der Waals surface area contributed by atoms with Gasteiger partial charge in [0.05, 0.1) is 12.4 Å². The lowest BCUT2D eigenvalue weighted by Crippen LogP contribution is -2.45. The number of nitrogens with one attached hydrogen (secondary N) is 1. The summed E-state index contributed by atoms with van der Waals surface area (Å²) < 4.78 is 28.5. The summed E-state index contributed by atoms with van der Waals surface area (Å²) in [5, 5.41) is 2.43. The van der Waals surface area contributed by atoms with Crippen LogP contribution in [0.4, 0.5) is 0 Å². The summed E-state index contributed by atoms with van der Waals surface area (Å²) in [5.41, 5.74) is 5.44. The number of amides is 1. The van der Waals surface area contributed by atoms with E-state index >= 15 is 0 Å². The third-order valence-corrected chi connectivity index (χ3v) is 3.73. The van der Waals surface area contributed by atoms with Crippen molar-refractivity contribution >= 4 is 15.9 Å². The smallest absolute Gasteiger partial charge is 0.239 e. The van der Waals surface area contributed by atoms with Gasteiger partial charge >= 0.3 is 0 Å². The first-order valence-corrected chi connectivity index (χ1v) is 6.34. The van der Waals surface area contributed by atoms with Gasteiger partial charge in [0.1, 0.15) is 6.04 Å². The first-order valence-electron chi connectivity index (χ1n) is 4.73. The number of nitrogens with two attached hydrogens (primary N) is 1. The molecule has 0 aliphatic carbocycles. The van der Waals surface area contributed by atoms with Crippen LogP contribution >= 0.6 is 0 Å². The van der Waals surface area contributed by atoms with Gasteiger partial charge in [-0.1, -0.05) is 0 Å². The third kappa shape index (κ3) is 5.40. The van der Waals surface area contributed by atoms with Crippen molar-refractivity contribution in [2.24, 2.45) is 5.73 Å². The van der Waals surface area contributed by atoms with Crippen LogP contribution in [0.5, 0.6) is 0 Å². The lowest BCUT2D eigenvalue weighted by Gasteiger charge is -2.13. The molecule has 0 aliphatic rings. The van der Waals surface area contributed by atoms with Crippen LogP contribution in [0.3, 0.4) is 0 Å². The molecule has 0 spiro atoms. The monoisotopic (exact) mass is 253 g/mol. The van der Waals surface area contributed by atoms with E-state index in [1.165, 1.54) is 21.2 Å². The normalized spacial score (nSPS) is 13.8. The van der Waals surface area contributed by atoms with E-state index < -0.39 is 22.0 Å². The fraction of sp³-hybridized carbons (Fsp3) is 0.875. The number of rotatable bonds is 7. The Bertz CT molecular complexity index is 315. The maximum atomic E-state index is 11.3. The van der Waals surface area contributed by atoms with Gasteiger partial charge < -0.3 is 15.8 Å². The van der Waals surface area contributed by atoms with Crippen molar-refractivity contribution in [3.63, 3.8) is 0 Å². The fourth-order valence-corrected chi connectivity index (χ4v) is 1.60. The van der Waals surface area contributed by atoms with Crippen LogP contribution in [-0.2, 0) is 19.6 Å². The van der Waals surface area contributed by atoms with Crippen LogP contribution in [0, 0.1) is 0 Å². The van der Waals surface area contributed by atoms with Gasteiger partial charge in [-0.3, -0.25) is 4.79 Å². The minimum Gasteiger partial charge on any atom is -0.383 e. The first-order chi connectivity index (χ1) is 7.31. The highest BCUT2D eigenvalue weighted by atomic mass is 32.2. The van der Waals surface area contributed by atoms with E-state index in [0.29, 0.717) is 0 Å². The number of hydrogen-bond acceptors (Lipinski definition) is 5. The topological polar surface area (TPSA) is 102 Å². The fourth-order valence-electron chi connectivity index (χ4n) is 0.872. The second-order valence-electron chi connectivity index (χ2n) is 3.45. The first kappa shape index (κ1) is 15.3. The van der Waals surface area contributed by atoms with Crippen LogP contribution in [0.25, 0.3) is 0 Å². The van der Waals surface area contributed by atoms with E-state index in [9.17, 15) is 13.2 Å². The Morgan fingerprint density at radius 2 is 2.06 bits per heavy atom. The molecule has 0 aliphatic heterocycles. The van der Waals surface area contributed by atoms with Gasteiger partial charge in [0, 0.05) is 27.7 Å². The van der Waals surface area contributed by atoms with Gasteiger partial charge in [-0.2, -0.15) is 0 Å². The summed E-state index contributed by atoms with van der Waals surface area (Å²) in [6.45, 7) is 0.142. The highest BCUT2D eigenvalue weighted by Gasteiger charge is 2.16. The molecule has 3 N–H and O–H groups in total. The lowest BCUT2D eigenvalue weighted by atomic mass is 10.3. The largest absolute Gasteiger partial charge is 0.383 e. The Hall–Kier alpha value is -0.700. The summed E-state index contributed by atoms with van der Waals surface area (Å²) in [7, 11) is 1.03. The Balaban J connectivity index is 3.96. The van der Waals surface area contributed by atoms with Gasteiger partial charge in [0.2, 0.25) is 15.9 Å². The summed E-state index contributed by atoms with van der Waals surface area (Å²) in [4.78, 5) is 11.3. The molecule has 1 unspecified atom stereocenters. The van der Waals surface area contributed by atoms with E-state index in [1.807, 2.05) is 0 Å². The molecule has 0 radical (unpaired) electrons. The number of hydrogen-bond donors (Lipinski definition) is 2. The second kappa shape index (κ2) is 6.79. The molecule has 1 amide bonds. The molecule has 96 valence electrons. The predicted molar refractivity (Wildman–Crippen MR) is 60.3 cm³/mol. The molecule has 0 aromatic heterocycles. The predicted octanol–water partition coefficient (Wildman–Crippen LogP) is -2.03. The van der Waals surface area contributed by atoms with Crippen molar-refractivity contribution in [1.29, 1.82) is 0 Å². The number of methoxy groups -OCH3 is 1. The van der Waals surface area contributed by atoms with E-state index in [-0.39, 0.29) is 18.9 Å². The zero-order chi connectivity index (χ0) is 12.8. The average Bonchev–Trinajstić information content (AvgIpc) is 2.17. The van der Waals surface area contributed by atoms with E-state index in [2.05, 4.69) is 5.32 Å². The highest BCUT2D eigenvalue weighted by Crippen LogP contribution is 1.92. The molecule has 0 bridgehead atoms. The molecule has 0 saturated carbocycles. The van der Waals surface area contributed by atoms with Gasteiger partial charge in [0.25, 0.3) is 0 Å². The SMILES string of the molecule is COCC(N)C(=O)NCCS(=O)(=O)N(C)C. The van der Waals surface area contributed by atoms with Gasteiger partial charge in [0.15, 0.2) is 0 Å². The summed E-state index contributed by atoms with van der Waals surface area (Å²) in [6.07, 6.45) is 0. The molecule has 0 rings (SSSR count). The average molecular weight is 253 g/mol. The van der Waals surface area contributed by atoms with Crippen molar-refractivity contribution in [1.82, 2.24) is 9.62 Å². The van der Waals surface area contributed by atoms with Crippen molar-refractivity contribution in [2.75, 3.05) is 40.1 Å². The molecule has 7 nitrogen and oxygen atoms in total. The molecule has 0 aromatic carbocycles. The van der Waals surface area contributed by atoms with Crippen molar-refractivity contribution in [3.8, 4) is 0 Å². The minimum atomic E-state index is -3.29. The van der Waals surface area contributed by atoms with E-state index in [0.717, 1.165) is 4.31 Å². The lowest BCUT2D eigenvalue weighted by molar-refractivity contribution is -0.123. The van der Waals surface area contributed by atoms with Crippen LogP contribution < -0.4 is 11.1 Å². The molecule has 0 saturated heterocycles. The molecular formula is C8H19N3O4S. The molecular weight excluding hydrogens is 234 g/mol.